The summed E-state index contributed by atoms with van der Waals surface area (Å²) in [7, 11) is 0. The zero-order chi connectivity index (χ0) is 20.1. The zero-order valence-electron chi connectivity index (χ0n) is 15.4. The van der Waals surface area contributed by atoms with Crippen LogP contribution in [0.15, 0.2) is 60.8 Å². The van der Waals surface area contributed by atoms with Gasteiger partial charge in [0.05, 0.1) is 11.8 Å². The van der Waals surface area contributed by atoms with Gasteiger partial charge < -0.3 is 15.4 Å². The maximum Gasteiger partial charge on any atom is 0.274 e. The van der Waals surface area contributed by atoms with E-state index in [4.69, 9.17) is 4.74 Å². The molecule has 144 valence electrons. The van der Waals surface area contributed by atoms with Crippen LogP contribution in [0.4, 0.5) is 25.8 Å². The predicted octanol–water partition coefficient (Wildman–Crippen LogP) is 5.14. The maximum absolute atomic E-state index is 13.8. The quantitative estimate of drug-likeness (QED) is 0.618. The number of ether oxygens (including phenoxy) is 1. The minimum atomic E-state index is -0.730. The average molecular weight is 383 g/mol. The second-order valence-electron chi connectivity index (χ2n) is 6.32. The second kappa shape index (κ2) is 8.47. The Morgan fingerprint density at radius 3 is 2.43 bits per heavy atom. The molecule has 0 unspecified atom stereocenters. The van der Waals surface area contributed by atoms with Crippen LogP contribution in [0.1, 0.15) is 24.3 Å². The number of aromatic nitrogens is 1. The third-order valence-electron chi connectivity index (χ3n) is 3.69. The Morgan fingerprint density at radius 2 is 1.75 bits per heavy atom. The van der Waals surface area contributed by atoms with Gasteiger partial charge in [0.2, 0.25) is 0 Å². The molecule has 0 fully saturated rings. The Balaban J connectivity index is 1.69. The summed E-state index contributed by atoms with van der Waals surface area (Å²) in [6.07, 6.45) is 1.49. The number of hydrogen-bond acceptors (Lipinski definition) is 4. The fourth-order valence-corrected chi connectivity index (χ4v) is 2.46. The van der Waals surface area contributed by atoms with Crippen LogP contribution >= 0.6 is 0 Å². The van der Waals surface area contributed by atoms with Crippen molar-refractivity contribution in [1.29, 1.82) is 0 Å². The van der Waals surface area contributed by atoms with Crippen LogP contribution in [0.2, 0.25) is 0 Å². The summed E-state index contributed by atoms with van der Waals surface area (Å²) in [6, 6.07) is 13.3. The molecule has 0 spiro atoms. The number of pyridine rings is 1. The molecule has 0 aliphatic carbocycles. The SMILES string of the molecule is CC(C)Oc1ccc(NC(=O)c2cc(Nc3ccc(F)cc3F)ccn2)cc1. The summed E-state index contributed by atoms with van der Waals surface area (Å²) in [4.78, 5) is 16.5. The van der Waals surface area contributed by atoms with E-state index in [0.29, 0.717) is 17.1 Å². The molecule has 0 radical (unpaired) electrons. The van der Waals surface area contributed by atoms with Gasteiger partial charge in [-0.05, 0) is 62.4 Å². The van der Waals surface area contributed by atoms with E-state index < -0.39 is 17.5 Å². The monoisotopic (exact) mass is 383 g/mol. The van der Waals surface area contributed by atoms with Crippen LogP contribution < -0.4 is 15.4 Å². The minimum Gasteiger partial charge on any atom is -0.491 e. The van der Waals surface area contributed by atoms with E-state index in [1.54, 1.807) is 30.3 Å². The molecule has 1 amide bonds. The molecular weight excluding hydrogens is 364 g/mol. The first-order valence-corrected chi connectivity index (χ1v) is 8.67. The van der Waals surface area contributed by atoms with E-state index in [9.17, 15) is 13.6 Å². The van der Waals surface area contributed by atoms with Crippen molar-refractivity contribution in [2.75, 3.05) is 10.6 Å². The average Bonchev–Trinajstić information content (AvgIpc) is 2.65. The van der Waals surface area contributed by atoms with Gasteiger partial charge in [-0.1, -0.05) is 0 Å². The van der Waals surface area contributed by atoms with Crippen molar-refractivity contribution in [1.82, 2.24) is 4.98 Å². The fourth-order valence-electron chi connectivity index (χ4n) is 2.46. The highest BCUT2D eigenvalue weighted by Gasteiger charge is 2.10. The van der Waals surface area contributed by atoms with Gasteiger partial charge in [-0.25, -0.2) is 8.78 Å². The Kier molecular flexibility index (Phi) is 5.84. The zero-order valence-corrected chi connectivity index (χ0v) is 15.4. The number of benzene rings is 2. The van der Waals surface area contributed by atoms with Crippen molar-refractivity contribution in [3.8, 4) is 5.75 Å². The predicted molar refractivity (Wildman–Crippen MR) is 104 cm³/mol. The highest BCUT2D eigenvalue weighted by molar-refractivity contribution is 6.03. The molecule has 0 bridgehead atoms. The number of nitrogens with one attached hydrogen (secondary N) is 2. The van der Waals surface area contributed by atoms with Gasteiger partial charge in [0.25, 0.3) is 5.91 Å². The molecule has 0 saturated heterocycles. The van der Waals surface area contributed by atoms with Crippen molar-refractivity contribution in [2.45, 2.75) is 20.0 Å². The van der Waals surface area contributed by atoms with Gasteiger partial charge in [0, 0.05) is 23.6 Å². The van der Waals surface area contributed by atoms with E-state index in [0.717, 1.165) is 12.1 Å². The topological polar surface area (TPSA) is 63.2 Å². The van der Waals surface area contributed by atoms with Crippen LogP contribution in [0, 0.1) is 11.6 Å². The van der Waals surface area contributed by atoms with Crippen molar-refractivity contribution < 1.29 is 18.3 Å². The van der Waals surface area contributed by atoms with E-state index >= 15 is 0 Å². The molecular formula is C21H19F2N3O2. The van der Waals surface area contributed by atoms with Crippen LogP contribution in [-0.2, 0) is 0 Å². The third-order valence-corrected chi connectivity index (χ3v) is 3.69. The van der Waals surface area contributed by atoms with Crippen LogP contribution in [0.5, 0.6) is 5.75 Å². The molecule has 7 heteroatoms. The summed E-state index contributed by atoms with van der Waals surface area (Å²) in [5, 5.41) is 5.55. The van der Waals surface area contributed by atoms with Crippen LogP contribution in [0.3, 0.4) is 0 Å². The number of amides is 1. The standard InChI is InChI=1S/C21H19F2N3O2/c1-13(2)28-17-6-4-15(5-7-17)26-21(27)20-12-16(9-10-24-20)25-19-8-3-14(22)11-18(19)23/h3-13H,1-2H3,(H,24,25)(H,26,27). The molecule has 2 N–H and O–H groups in total. The summed E-state index contributed by atoms with van der Waals surface area (Å²) in [5.41, 5.74) is 1.28. The number of rotatable bonds is 6. The van der Waals surface area contributed by atoms with Crippen molar-refractivity contribution >= 4 is 23.0 Å². The highest BCUT2D eigenvalue weighted by atomic mass is 19.1. The Morgan fingerprint density at radius 1 is 1.00 bits per heavy atom. The van der Waals surface area contributed by atoms with E-state index in [2.05, 4.69) is 15.6 Å². The van der Waals surface area contributed by atoms with E-state index in [-0.39, 0.29) is 17.5 Å². The highest BCUT2D eigenvalue weighted by Crippen LogP contribution is 2.22. The summed E-state index contributed by atoms with van der Waals surface area (Å²) >= 11 is 0. The lowest BCUT2D eigenvalue weighted by Crippen LogP contribution is -2.14. The second-order valence-corrected chi connectivity index (χ2v) is 6.32. The lowest BCUT2D eigenvalue weighted by atomic mass is 10.2. The van der Waals surface area contributed by atoms with Crippen LogP contribution in [-0.4, -0.2) is 17.0 Å². The number of nitrogens with zero attached hydrogens (tertiary/aromatic N) is 1. The smallest absolute Gasteiger partial charge is 0.274 e. The molecule has 3 aromatic rings. The Bertz CT molecular complexity index is 976. The number of anilines is 3. The van der Waals surface area contributed by atoms with Gasteiger partial charge in [0.1, 0.15) is 23.1 Å². The molecule has 3 rings (SSSR count). The lowest BCUT2D eigenvalue weighted by molar-refractivity contribution is 0.102. The van der Waals surface area contributed by atoms with Crippen molar-refractivity contribution in [2.24, 2.45) is 0 Å². The molecule has 2 aromatic carbocycles. The van der Waals surface area contributed by atoms with Crippen molar-refractivity contribution in [3.05, 3.63) is 78.1 Å². The third kappa shape index (κ3) is 5.03. The molecule has 5 nitrogen and oxygen atoms in total. The number of hydrogen-bond donors (Lipinski definition) is 2. The number of carbonyl (C=O) groups is 1. The lowest BCUT2D eigenvalue weighted by Gasteiger charge is -2.11. The van der Waals surface area contributed by atoms with Gasteiger partial charge in [-0.2, -0.15) is 0 Å². The van der Waals surface area contributed by atoms with Gasteiger partial charge in [-0.3, -0.25) is 9.78 Å². The van der Waals surface area contributed by atoms with Gasteiger partial charge in [0.15, 0.2) is 0 Å². The number of carbonyl (C=O) groups excluding carboxylic acids is 1. The van der Waals surface area contributed by atoms with E-state index in [1.807, 2.05) is 13.8 Å². The molecule has 0 saturated carbocycles. The van der Waals surface area contributed by atoms with Crippen molar-refractivity contribution in [3.63, 3.8) is 0 Å². The summed E-state index contributed by atoms with van der Waals surface area (Å²) in [6.45, 7) is 3.86. The Labute approximate surface area is 161 Å². The Hall–Kier alpha value is -3.48. The normalized spacial score (nSPS) is 10.6. The molecule has 1 aromatic heterocycles. The molecule has 1 heterocycles. The first-order chi connectivity index (χ1) is 13.4. The van der Waals surface area contributed by atoms with Gasteiger partial charge >= 0.3 is 0 Å². The molecule has 0 atom stereocenters. The van der Waals surface area contributed by atoms with Gasteiger partial charge in [-0.15, -0.1) is 0 Å². The van der Waals surface area contributed by atoms with E-state index in [1.165, 1.54) is 18.3 Å². The summed E-state index contributed by atoms with van der Waals surface area (Å²) in [5.74, 6) is -1.10. The minimum absolute atomic E-state index is 0.0609. The van der Waals surface area contributed by atoms with Crippen LogP contribution in [0.25, 0.3) is 0 Å². The first kappa shape index (κ1) is 19.3. The maximum atomic E-state index is 13.8. The first-order valence-electron chi connectivity index (χ1n) is 8.67. The largest absolute Gasteiger partial charge is 0.491 e. The fraction of sp³-hybridized carbons (Fsp3) is 0.143. The molecule has 0 aliphatic rings. The molecule has 28 heavy (non-hydrogen) atoms. The molecule has 0 aliphatic heterocycles. The summed E-state index contributed by atoms with van der Waals surface area (Å²) < 4.78 is 32.4. The number of halogens is 2.